The average Bonchev–Trinajstić information content (AvgIpc) is 2.42. The molecule has 2 unspecified atom stereocenters. The van der Waals surface area contributed by atoms with Crippen LogP contribution < -0.4 is 10.6 Å². The molecule has 2 atom stereocenters. The van der Waals surface area contributed by atoms with Crippen molar-refractivity contribution in [3.63, 3.8) is 0 Å². The predicted molar refractivity (Wildman–Crippen MR) is 76.9 cm³/mol. The first-order chi connectivity index (χ1) is 9.61. The second kappa shape index (κ2) is 6.51. The Morgan fingerprint density at radius 1 is 1.45 bits per heavy atom. The summed E-state index contributed by atoms with van der Waals surface area (Å²) in [5, 5.41) is 27.1. The van der Waals surface area contributed by atoms with Crippen LogP contribution in [0.3, 0.4) is 0 Å². The third-order valence-electron chi connectivity index (χ3n) is 3.48. The molecule has 7 nitrogen and oxygen atoms in total. The van der Waals surface area contributed by atoms with E-state index >= 15 is 0 Å². The molecule has 0 amide bonds. The van der Waals surface area contributed by atoms with E-state index in [1.165, 1.54) is 6.07 Å². The van der Waals surface area contributed by atoms with E-state index in [0.29, 0.717) is 12.4 Å². The lowest BCUT2D eigenvalue weighted by Gasteiger charge is -2.28. The Kier molecular flexibility index (Phi) is 4.73. The molecule has 2 rings (SSSR count). The standard InChI is InChI=1S/C13H20N4O3/c1-2-14-12-8-7-10(17(19)20)13(16-12)15-9-5-3-4-6-11(9)18/h7-9,11,18H,2-6H2,1H3,(H2,14,15,16). The number of pyridine rings is 1. The highest BCUT2D eigenvalue weighted by Gasteiger charge is 2.26. The van der Waals surface area contributed by atoms with Crippen LogP contribution in [0.4, 0.5) is 17.3 Å². The summed E-state index contributed by atoms with van der Waals surface area (Å²) in [5.74, 6) is 0.810. The van der Waals surface area contributed by atoms with Crippen LogP contribution in [-0.4, -0.2) is 33.7 Å². The Morgan fingerprint density at radius 2 is 2.20 bits per heavy atom. The zero-order valence-corrected chi connectivity index (χ0v) is 11.5. The molecule has 0 aliphatic heterocycles. The fourth-order valence-corrected chi connectivity index (χ4v) is 2.44. The fraction of sp³-hybridized carbons (Fsp3) is 0.615. The first kappa shape index (κ1) is 14.5. The molecule has 1 fully saturated rings. The Labute approximate surface area is 117 Å². The molecular weight excluding hydrogens is 260 g/mol. The lowest BCUT2D eigenvalue weighted by molar-refractivity contribution is -0.384. The lowest BCUT2D eigenvalue weighted by atomic mass is 9.92. The quantitative estimate of drug-likeness (QED) is 0.564. The summed E-state index contributed by atoms with van der Waals surface area (Å²) in [6.07, 6.45) is 3.04. The number of anilines is 2. The molecule has 1 aromatic heterocycles. The molecular formula is C13H20N4O3. The largest absolute Gasteiger partial charge is 0.391 e. The normalized spacial score (nSPS) is 22.3. The molecule has 1 saturated carbocycles. The van der Waals surface area contributed by atoms with Gasteiger partial charge in [-0.3, -0.25) is 10.1 Å². The van der Waals surface area contributed by atoms with Crippen LogP contribution in [0, 0.1) is 10.1 Å². The molecule has 0 bridgehead atoms. The van der Waals surface area contributed by atoms with Gasteiger partial charge in [0.15, 0.2) is 0 Å². The van der Waals surface area contributed by atoms with Crippen molar-refractivity contribution in [3.05, 3.63) is 22.2 Å². The van der Waals surface area contributed by atoms with Crippen LogP contribution in [0.15, 0.2) is 12.1 Å². The van der Waals surface area contributed by atoms with Gasteiger partial charge in [-0.25, -0.2) is 4.98 Å². The third kappa shape index (κ3) is 3.36. The molecule has 0 spiro atoms. The van der Waals surface area contributed by atoms with E-state index in [0.717, 1.165) is 25.7 Å². The van der Waals surface area contributed by atoms with Gasteiger partial charge in [0.25, 0.3) is 0 Å². The SMILES string of the molecule is CCNc1ccc([N+](=O)[O-])c(NC2CCCCC2O)n1. The monoisotopic (exact) mass is 280 g/mol. The summed E-state index contributed by atoms with van der Waals surface area (Å²) in [6.45, 7) is 2.62. The highest BCUT2D eigenvalue weighted by atomic mass is 16.6. The van der Waals surface area contributed by atoms with Gasteiger partial charge in [-0.2, -0.15) is 0 Å². The maximum Gasteiger partial charge on any atom is 0.311 e. The Hall–Kier alpha value is -1.89. The van der Waals surface area contributed by atoms with Crippen molar-refractivity contribution in [1.29, 1.82) is 0 Å². The second-order valence-corrected chi connectivity index (χ2v) is 4.95. The number of rotatable bonds is 5. The Morgan fingerprint density at radius 3 is 2.85 bits per heavy atom. The summed E-state index contributed by atoms with van der Waals surface area (Å²) in [6, 6.07) is 2.85. The molecule has 0 radical (unpaired) electrons. The van der Waals surface area contributed by atoms with Gasteiger partial charge in [-0.1, -0.05) is 12.8 Å². The number of nitrogens with one attached hydrogen (secondary N) is 2. The number of nitro groups is 1. The van der Waals surface area contributed by atoms with E-state index < -0.39 is 11.0 Å². The number of aromatic nitrogens is 1. The Bertz CT molecular complexity index is 481. The van der Waals surface area contributed by atoms with Crippen LogP contribution in [0.2, 0.25) is 0 Å². The molecule has 7 heteroatoms. The summed E-state index contributed by atoms with van der Waals surface area (Å²) in [5.41, 5.74) is -0.0653. The highest BCUT2D eigenvalue weighted by molar-refractivity contribution is 5.60. The fourth-order valence-electron chi connectivity index (χ4n) is 2.44. The molecule has 1 aliphatic carbocycles. The highest BCUT2D eigenvalue weighted by Crippen LogP contribution is 2.28. The van der Waals surface area contributed by atoms with Crippen molar-refractivity contribution >= 4 is 17.3 Å². The van der Waals surface area contributed by atoms with Gasteiger partial charge in [0.05, 0.1) is 17.1 Å². The summed E-state index contributed by atoms with van der Waals surface area (Å²) < 4.78 is 0. The summed E-state index contributed by atoms with van der Waals surface area (Å²) >= 11 is 0. The van der Waals surface area contributed by atoms with E-state index in [4.69, 9.17) is 0 Å². The maximum atomic E-state index is 11.1. The van der Waals surface area contributed by atoms with E-state index in [1.54, 1.807) is 6.07 Å². The topological polar surface area (TPSA) is 100 Å². The number of aliphatic hydroxyl groups is 1. The van der Waals surface area contributed by atoms with E-state index in [1.807, 2.05) is 6.92 Å². The molecule has 0 aromatic carbocycles. The molecule has 20 heavy (non-hydrogen) atoms. The molecule has 1 heterocycles. The van der Waals surface area contributed by atoms with Crippen LogP contribution in [0.25, 0.3) is 0 Å². The first-order valence-electron chi connectivity index (χ1n) is 6.95. The third-order valence-corrected chi connectivity index (χ3v) is 3.48. The van der Waals surface area contributed by atoms with E-state index in [-0.39, 0.29) is 17.5 Å². The van der Waals surface area contributed by atoms with Crippen molar-refractivity contribution < 1.29 is 10.0 Å². The van der Waals surface area contributed by atoms with Crippen molar-refractivity contribution in [2.45, 2.75) is 44.8 Å². The maximum absolute atomic E-state index is 11.1. The number of nitrogens with zero attached hydrogens (tertiary/aromatic N) is 2. The van der Waals surface area contributed by atoms with Crippen molar-refractivity contribution in [2.75, 3.05) is 17.2 Å². The molecule has 0 saturated heterocycles. The summed E-state index contributed by atoms with van der Waals surface area (Å²) in [4.78, 5) is 14.8. The van der Waals surface area contributed by atoms with Gasteiger partial charge >= 0.3 is 5.69 Å². The van der Waals surface area contributed by atoms with Crippen molar-refractivity contribution in [2.24, 2.45) is 0 Å². The van der Waals surface area contributed by atoms with Crippen LogP contribution in [0.1, 0.15) is 32.6 Å². The molecule has 3 N–H and O–H groups in total. The average molecular weight is 280 g/mol. The predicted octanol–water partition coefficient (Wildman–Crippen LogP) is 2.14. The van der Waals surface area contributed by atoms with Crippen LogP contribution in [-0.2, 0) is 0 Å². The smallest absolute Gasteiger partial charge is 0.311 e. The van der Waals surface area contributed by atoms with Crippen LogP contribution >= 0.6 is 0 Å². The second-order valence-electron chi connectivity index (χ2n) is 4.95. The molecule has 1 aromatic rings. The van der Waals surface area contributed by atoms with E-state index in [9.17, 15) is 15.2 Å². The molecule has 1 aliphatic rings. The van der Waals surface area contributed by atoms with Gasteiger partial charge in [0.1, 0.15) is 5.82 Å². The van der Waals surface area contributed by atoms with Gasteiger partial charge in [-0.15, -0.1) is 0 Å². The van der Waals surface area contributed by atoms with Crippen molar-refractivity contribution in [1.82, 2.24) is 4.98 Å². The van der Waals surface area contributed by atoms with Gasteiger partial charge in [0, 0.05) is 12.6 Å². The minimum absolute atomic E-state index is 0.0653. The van der Waals surface area contributed by atoms with Crippen LogP contribution in [0.5, 0.6) is 0 Å². The minimum atomic E-state index is -0.479. The zero-order valence-electron chi connectivity index (χ0n) is 11.5. The van der Waals surface area contributed by atoms with Gasteiger partial charge in [0.2, 0.25) is 5.82 Å². The van der Waals surface area contributed by atoms with Gasteiger partial charge < -0.3 is 15.7 Å². The number of hydrogen-bond acceptors (Lipinski definition) is 6. The minimum Gasteiger partial charge on any atom is -0.391 e. The van der Waals surface area contributed by atoms with Crippen molar-refractivity contribution in [3.8, 4) is 0 Å². The number of aliphatic hydroxyl groups excluding tert-OH is 1. The van der Waals surface area contributed by atoms with E-state index in [2.05, 4.69) is 15.6 Å². The Balaban J connectivity index is 2.22. The first-order valence-corrected chi connectivity index (χ1v) is 6.95. The molecule has 110 valence electrons. The summed E-state index contributed by atoms with van der Waals surface area (Å²) in [7, 11) is 0. The van der Waals surface area contributed by atoms with Gasteiger partial charge in [-0.05, 0) is 25.8 Å². The number of hydrogen-bond donors (Lipinski definition) is 3. The lowest BCUT2D eigenvalue weighted by Crippen LogP contribution is -2.36. The zero-order chi connectivity index (χ0) is 14.5.